The number of benzene rings is 1. The van der Waals surface area contributed by atoms with Gasteiger partial charge in [0.1, 0.15) is 5.02 Å². The summed E-state index contributed by atoms with van der Waals surface area (Å²) >= 11 is 5.69. The van der Waals surface area contributed by atoms with Crippen LogP contribution in [0.2, 0.25) is 5.02 Å². The Morgan fingerprint density at radius 2 is 1.95 bits per heavy atom. The van der Waals surface area contributed by atoms with Crippen molar-refractivity contribution in [3.05, 3.63) is 42.9 Å². The zero-order chi connectivity index (χ0) is 16.2. The van der Waals surface area contributed by atoms with Crippen molar-refractivity contribution in [3.8, 4) is 0 Å². The Morgan fingerprint density at radius 1 is 1.33 bits per heavy atom. The molecule has 1 amide bonds. The highest BCUT2D eigenvalue weighted by Crippen LogP contribution is 2.32. The number of hydrogen-bond donors (Lipinski definition) is 3. The first kappa shape index (κ1) is 16.8. The zero-order valence-electron chi connectivity index (χ0n) is 10.4. The smallest absolute Gasteiger partial charge is 0.295 e. The topological polar surface area (TPSA) is 156 Å². The number of non-ortho nitro benzene ring substituents is 1. The van der Waals surface area contributed by atoms with Gasteiger partial charge in [-0.25, -0.2) is 0 Å². The lowest BCUT2D eigenvalue weighted by molar-refractivity contribution is -0.394. The van der Waals surface area contributed by atoms with Crippen molar-refractivity contribution < 1.29 is 24.9 Å². The second kappa shape index (κ2) is 6.92. The predicted octanol–water partition coefficient (Wildman–Crippen LogP) is 0.239. The van der Waals surface area contributed by atoms with E-state index >= 15 is 0 Å². The van der Waals surface area contributed by atoms with Crippen LogP contribution < -0.4 is 5.32 Å². The molecule has 21 heavy (non-hydrogen) atoms. The molecule has 10 nitrogen and oxygen atoms in total. The lowest BCUT2D eigenvalue weighted by Gasteiger charge is -2.10. The molecule has 0 spiro atoms. The van der Waals surface area contributed by atoms with Gasteiger partial charge in [0.25, 0.3) is 17.3 Å². The lowest BCUT2D eigenvalue weighted by atomic mass is 10.1. The van der Waals surface area contributed by atoms with Gasteiger partial charge in [-0.05, 0) is 0 Å². The minimum absolute atomic E-state index is 0.345. The van der Waals surface area contributed by atoms with Crippen LogP contribution in [0.4, 0.5) is 11.4 Å². The standard InChI is InChI=1S/C10H10ClN3O7/c11-9-7(10(17)12-3-6(16)4-15)1-5(13(18)19)2-8(9)14(20)21/h1-2,6,15-16H,3-4H2,(H,12,17). The number of nitro benzene ring substituents is 2. The van der Waals surface area contributed by atoms with Crippen molar-refractivity contribution >= 4 is 28.9 Å². The number of nitro groups is 2. The molecular weight excluding hydrogens is 310 g/mol. The molecule has 0 aliphatic rings. The third-order valence-corrected chi connectivity index (χ3v) is 2.80. The van der Waals surface area contributed by atoms with Gasteiger partial charge in [-0.3, -0.25) is 25.0 Å². The number of nitrogens with zero attached hydrogens (tertiary/aromatic N) is 2. The van der Waals surface area contributed by atoms with Crippen LogP contribution in [-0.2, 0) is 0 Å². The van der Waals surface area contributed by atoms with Crippen molar-refractivity contribution in [3.63, 3.8) is 0 Å². The van der Waals surface area contributed by atoms with Crippen molar-refractivity contribution in [2.45, 2.75) is 6.10 Å². The Morgan fingerprint density at radius 3 is 2.43 bits per heavy atom. The first-order valence-electron chi connectivity index (χ1n) is 5.47. The van der Waals surface area contributed by atoms with Gasteiger partial charge in [-0.1, -0.05) is 11.6 Å². The highest BCUT2D eigenvalue weighted by atomic mass is 35.5. The summed E-state index contributed by atoms with van der Waals surface area (Å²) in [6, 6.07) is 1.43. The number of aliphatic hydroxyl groups is 2. The first-order chi connectivity index (χ1) is 9.77. The number of amides is 1. The zero-order valence-corrected chi connectivity index (χ0v) is 11.1. The van der Waals surface area contributed by atoms with E-state index in [-0.39, 0.29) is 6.54 Å². The molecule has 0 aromatic heterocycles. The summed E-state index contributed by atoms with van der Waals surface area (Å²) in [5, 5.41) is 40.8. The molecule has 0 saturated carbocycles. The molecule has 0 saturated heterocycles. The van der Waals surface area contributed by atoms with Crippen LogP contribution in [0.1, 0.15) is 10.4 Å². The molecule has 0 radical (unpaired) electrons. The second-order valence-electron chi connectivity index (χ2n) is 3.89. The van der Waals surface area contributed by atoms with E-state index < -0.39 is 50.4 Å². The minimum Gasteiger partial charge on any atom is -0.394 e. The van der Waals surface area contributed by atoms with Crippen molar-refractivity contribution in [1.29, 1.82) is 0 Å². The molecular formula is C10H10ClN3O7. The Labute approximate surface area is 122 Å². The van der Waals surface area contributed by atoms with Gasteiger partial charge < -0.3 is 15.5 Å². The van der Waals surface area contributed by atoms with Gasteiger partial charge in [0, 0.05) is 12.6 Å². The number of aliphatic hydroxyl groups excluding tert-OH is 2. The molecule has 0 aliphatic carbocycles. The van der Waals surface area contributed by atoms with E-state index in [4.69, 9.17) is 21.8 Å². The van der Waals surface area contributed by atoms with Gasteiger partial charge in [-0.15, -0.1) is 0 Å². The fraction of sp³-hybridized carbons (Fsp3) is 0.300. The van der Waals surface area contributed by atoms with E-state index in [0.29, 0.717) is 6.07 Å². The van der Waals surface area contributed by atoms with E-state index in [9.17, 15) is 25.0 Å². The van der Waals surface area contributed by atoms with Gasteiger partial charge in [0.05, 0.1) is 34.2 Å². The molecule has 0 heterocycles. The quantitative estimate of drug-likeness (QED) is 0.500. The van der Waals surface area contributed by atoms with Crippen LogP contribution >= 0.6 is 11.6 Å². The second-order valence-corrected chi connectivity index (χ2v) is 4.27. The largest absolute Gasteiger partial charge is 0.394 e. The monoisotopic (exact) mass is 319 g/mol. The molecule has 1 rings (SSSR count). The lowest BCUT2D eigenvalue weighted by Crippen LogP contribution is -2.34. The molecule has 1 atom stereocenters. The van der Waals surface area contributed by atoms with Crippen LogP contribution in [0.15, 0.2) is 12.1 Å². The molecule has 0 bridgehead atoms. The highest BCUT2D eigenvalue weighted by Gasteiger charge is 2.26. The van der Waals surface area contributed by atoms with E-state index in [1.807, 2.05) is 0 Å². The fourth-order valence-corrected chi connectivity index (χ4v) is 1.63. The van der Waals surface area contributed by atoms with Crippen molar-refractivity contribution in [2.24, 2.45) is 0 Å². The van der Waals surface area contributed by atoms with Crippen molar-refractivity contribution in [1.82, 2.24) is 5.32 Å². The SMILES string of the molecule is O=C(NCC(O)CO)c1cc([N+](=O)[O-])cc([N+](=O)[O-])c1Cl. The van der Waals surface area contributed by atoms with E-state index in [1.54, 1.807) is 0 Å². The van der Waals surface area contributed by atoms with Crippen LogP contribution in [0.3, 0.4) is 0 Å². The number of carbonyl (C=O) groups excluding carboxylic acids is 1. The summed E-state index contributed by atoms with van der Waals surface area (Å²) in [6.07, 6.45) is -1.23. The third-order valence-electron chi connectivity index (χ3n) is 2.40. The third kappa shape index (κ3) is 4.08. The molecule has 0 aliphatic heterocycles. The van der Waals surface area contributed by atoms with E-state index in [0.717, 1.165) is 6.07 Å². The van der Waals surface area contributed by atoms with E-state index in [2.05, 4.69) is 5.32 Å². The summed E-state index contributed by atoms with van der Waals surface area (Å²) in [5.41, 5.74) is -1.92. The van der Waals surface area contributed by atoms with Gasteiger partial charge in [0.2, 0.25) is 0 Å². The number of hydrogen-bond acceptors (Lipinski definition) is 7. The molecule has 1 aromatic carbocycles. The average molecular weight is 320 g/mol. The van der Waals surface area contributed by atoms with Crippen LogP contribution in [0.5, 0.6) is 0 Å². The number of rotatable bonds is 6. The summed E-state index contributed by atoms with van der Waals surface area (Å²) in [5.74, 6) is -0.945. The molecule has 0 fully saturated rings. The normalized spacial score (nSPS) is 11.8. The summed E-state index contributed by atoms with van der Waals surface area (Å²) in [6.45, 7) is -0.953. The Kier molecular flexibility index (Phi) is 5.52. The van der Waals surface area contributed by atoms with Gasteiger partial charge >= 0.3 is 0 Å². The van der Waals surface area contributed by atoms with E-state index in [1.165, 1.54) is 0 Å². The molecule has 1 unspecified atom stereocenters. The maximum atomic E-state index is 11.8. The number of halogens is 1. The highest BCUT2D eigenvalue weighted by molar-refractivity contribution is 6.36. The summed E-state index contributed by atoms with van der Waals surface area (Å²) in [4.78, 5) is 31.4. The minimum atomic E-state index is -1.23. The number of carbonyl (C=O) groups is 1. The van der Waals surface area contributed by atoms with Crippen molar-refractivity contribution in [2.75, 3.05) is 13.2 Å². The Bertz CT molecular complexity index is 592. The maximum Gasteiger partial charge on any atom is 0.295 e. The number of nitrogens with one attached hydrogen (secondary N) is 1. The van der Waals surface area contributed by atoms with Crippen LogP contribution in [-0.4, -0.2) is 45.2 Å². The molecule has 114 valence electrons. The summed E-state index contributed by atoms with van der Waals surface area (Å²) < 4.78 is 0. The van der Waals surface area contributed by atoms with Gasteiger partial charge in [-0.2, -0.15) is 0 Å². The Balaban J connectivity index is 3.18. The van der Waals surface area contributed by atoms with Gasteiger partial charge in [0.15, 0.2) is 0 Å². The maximum absolute atomic E-state index is 11.8. The molecule has 3 N–H and O–H groups in total. The predicted molar refractivity (Wildman–Crippen MR) is 70.2 cm³/mol. The first-order valence-corrected chi connectivity index (χ1v) is 5.85. The summed E-state index contributed by atoms with van der Waals surface area (Å²) in [7, 11) is 0. The fourth-order valence-electron chi connectivity index (χ4n) is 1.37. The Hall–Kier alpha value is -2.30. The molecule has 11 heteroatoms. The average Bonchev–Trinajstić information content (AvgIpc) is 2.43. The molecule has 1 aromatic rings. The van der Waals surface area contributed by atoms with Crippen LogP contribution in [0, 0.1) is 20.2 Å². The van der Waals surface area contributed by atoms with Crippen LogP contribution in [0.25, 0.3) is 0 Å².